The molecule has 0 radical (unpaired) electrons. The number of imide groups is 1. The molecule has 0 saturated heterocycles. The van der Waals surface area contributed by atoms with E-state index in [1.54, 1.807) is 60.7 Å². The van der Waals surface area contributed by atoms with Crippen LogP contribution in [0.3, 0.4) is 0 Å². The van der Waals surface area contributed by atoms with E-state index in [1.807, 2.05) is 0 Å². The first-order chi connectivity index (χ1) is 14.8. The lowest BCUT2D eigenvalue weighted by Crippen LogP contribution is -2.34. The monoisotopic (exact) mass is 441 g/mol. The molecule has 0 atom stereocenters. The number of amides is 2. The van der Waals surface area contributed by atoms with E-state index in [0.717, 1.165) is 18.2 Å². The molecule has 0 spiro atoms. The molecule has 31 heavy (non-hydrogen) atoms. The summed E-state index contributed by atoms with van der Waals surface area (Å²) in [5.74, 6) is -5.19. The van der Waals surface area contributed by atoms with Gasteiger partial charge in [-0.05, 0) is 23.3 Å². The second kappa shape index (κ2) is 7.86. The Bertz CT molecular complexity index is 1260. The first-order valence-corrected chi connectivity index (χ1v) is 10.3. The lowest BCUT2D eigenvalue weighted by atomic mass is 9.96. The first-order valence-electron chi connectivity index (χ1n) is 8.94. The van der Waals surface area contributed by atoms with Gasteiger partial charge < -0.3 is 0 Å². The minimum atomic E-state index is -5.03. The van der Waals surface area contributed by atoms with Crippen LogP contribution in [0.4, 0.5) is 8.78 Å². The van der Waals surface area contributed by atoms with Crippen molar-refractivity contribution in [1.29, 1.82) is 0 Å². The number of rotatable bonds is 5. The van der Waals surface area contributed by atoms with E-state index in [0.29, 0.717) is 11.1 Å². The van der Waals surface area contributed by atoms with Gasteiger partial charge in [0, 0.05) is 0 Å². The number of carbonyl (C=O) groups excluding carboxylic acids is 2. The summed E-state index contributed by atoms with van der Waals surface area (Å²) in [7, 11) is -5.03. The molecule has 0 aromatic heterocycles. The second-order valence-electron chi connectivity index (χ2n) is 6.47. The van der Waals surface area contributed by atoms with Gasteiger partial charge >= 0.3 is 10.1 Å². The number of hydrogen-bond acceptors (Lipinski definition) is 5. The van der Waals surface area contributed by atoms with E-state index in [-0.39, 0.29) is 16.2 Å². The number of halogens is 2. The third kappa shape index (κ3) is 3.65. The van der Waals surface area contributed by atoms with Crippen molar-refractivity contribution in [1.82, 2.24) is 5.06 Å². The van der Waals surface area contributed by atoms with Gasteiger partial charge in [0.25, 0.3) is 11.8 Å². The molecule has 0 aliphatic carbocycles. The van der Waals surface area contributed by atoms with Gasteiger partial charge in [-0.25, -0.2) is 8.78 Å². The lowest BCUT2D eigenvalue weighted by molar-refractivity contribution is -0.160. The molecule has 1 heterocycles. The number of hydroxylamine groups is 2. The van der Waals surface area contributed by atoms with E-state index >= 15 is 0 Å². The average Bonchev–Trinajstić information content (AvgIpc) is 3.01. The van der Waals surface area contributed by atoms with E-state index in [2.05, 4.69) is 0 Å². The Balaban J connectivity index is 1.80. The Kier molecular flexibility index (Phi) is 5.22. The number of benzene rings is 3. The molecule has 1 aliphatic rings. The van der Waals surface area contributed by atoms with Crippen molar-refractivity contribution in [2.75, 3.05) is 0 Å². The van der Waals surface area contributed by atoms with Crippen LogP contribution in [0.15, 0.2) is 83.8 Å². The van der Waals surface area contributed by atoms with Crippen LogP contribution in [0.1, 0.15) is 11.1 Å². The lowest BCUT2D eigenvalue weighted by Gasteiger charge is -2.14. The van der Waals surface area contributed by atoms with E-state index in [9.17, 15) is 26.8 Å². The third-order valence-corrected chi connectivity index (χ3v) is 5.73. The summed E-state index contributed by atoms with van der Waals surface area (Å²) < 4.78 is 57.3. The molecule has 0 saturated carbocycles. The Hall–Kier alpha value is -3.69. The molecule has 3 aromatic rings. The fourth-order valence-corrected chi connectivity index (χ4v) is 4.11. The summed E-state index contributed by atoms with van der Waals surface area (Å²) in [6, 6.07) is 18.8. The first kappa shape index (κ1) is 20.6. The van der Waals surface area contributed by atoms with Crippen LogP contribution in [-0.2, 0) is 24.0 Å². The fourth-order valence-electron chi connectivity index (χ4n) is 3.14. The molecule has 2 amide bonds. The van der Waals surface area contributed by atoms with Crippen molar-refractivity contribution in [2.45, 2.75) is 4.90 Å². The van der Waals surface area contributed by atoms with Crippen molar-refractivity contribution in [3.05, 3.63) is 102 Å². The minimum Gasteiger partial charge on any atom is -0.266 e. The maximum atomic E-state index is 14.0. The molecule has 4 rings (SSSR count). The Morgan fingerprint density at radius 2 is 1.16 bits per heavy atom. The maximum absolute atomic E-state index is 14.0. The highest BCUT2D eigenvalue weighted by molar-refractivity contribution is 7.86. The normalized spacial score (nSPS) is 14.5. The van der Waals surface area contributed by atoms with Gasteiger partial charge in [0.15, 0.2) is 11.6 Å². The maximum Gasteiger partial charge on any atom is 0.321 e. The Labute approximate surface area is 176 Å². The number of carbonyl (C=O) groups is 2. The third-order valence-electron chi connectivity index (χ3n) is 4.53. The van der Waals surface area contributed by atoms with Crippen molar-refractivity contribution in [3.8, 4) is 0 Å². The topological polar surface area (TPSA) is 80.8 Å². The highest BCUT2D eigenvalue weighted by Crippen LogP contribution is 2.36. The summed E-state index contributed by atoms with van der Waals surface area (Å²) in [5, 5.41) is 0.0460. The predicted octanol–water partition coefficient (Wildman–Crippen LogP) is 3.56. The van der Waals surface area contributed by atoms with Crippen LogP contribution in [-0.4, -0.2) is 25.3 Å². The minimum absolute atomic E-state index is 0.0460. The average molecular weight is 441 g/mol. The fraction of sp³-hybridized carbons (Fsp3) is 0. The van der Waals surface area contributed by atoms with Crippen LogP contribution in [0.2, 0.25) is 0 Å². The molecule has 1 aliphatic heterocycles. The number of nitrogens with zero attached hydrogens (tertiary/aromatic N) is 1. The zero-order valence-corrected chi connectivity index (χ0v) is 16.5. The van der Waals surface area contributed by atoms with Gasteiger partial charge in [0.1, 0.15) is 4.90 Å². The quantitative estimate of drug-likeness (QED) is 0.566. The van der Waals surface area contributed by atoms with Crippen molar-refractivity contribution in [3.63, 3.8) is 0 Å². The molecule has 0 unspecified atom stereocenters. The van der Waals surface area contributed by atoms with E-state index in [1.165, 1.54) is 0 Å². The van der Waals surface area contributed by atoms with Crippen LogP contribution in [0.5, 0.6) is 0 Å². The van der Waals surface area contributed by atoms with E-state index in [4.69, 9.17) is 4.28 Å². The van der Waals surface area contributed by atoms with Crippen molar-refractivity contribution >= 4 is 33.1 Å². The zero-order valence-electron chi connectivity index (χ0n) is 15.7. The molecule has 0 fully saturated rings. The summed E-state index contributed by atoms with van der Waals surface area (Å²) >= 11 is 0. The summed E-state index contributed by atoms with van der Waals surface area (Å²) in [4.78, 5) is 25.0. The van der Waals surface area contributed by atoms with Gasteiger partial charge in [-0.3, -0.25) is 9.59 Å². The molecule has 6 nitrogen and oxygen atoms in total. The van der Waals surface area contributed by atoms with E-state index < -0.39 is 38.5 Å². The predicted molar refractivity (Wildman–Crippen MR) is 106 cm³/mol. The Morgan fingerprint density at radius 1 is 0.677 bits per heavy atom. The summed E-state index contributed by atoms with van der Waals surface area (Å²) in [6.07, 6.45) is 0. The molecule has 0 bridgehead atoms. The standard InChI is InChI=1S/C22H13F2NO5S/c23-16-12-7-13-17(20(16)24)31(28,29)30-25-21(26)18(14-8-3-1-4-9-14)19(22(25)27)15-10-5-2-6-11-15/h1-13H. The van der Waals surface area contributed by atoms with Gasteiger partial charge in [-0.2, -0.15) is 8.42 Å². The summed E-state index contributed by atoms with van der Waals surface area (Å²) in [6.45, 7) is 0. The Morgan fingerprint density at radius 3 is 1.65 bits per heavy atom. The second-order valence-corrected chi connectivity index (χ2v) is 7.96. The molecule has 9 heteroatoms. The molecule has 156 valence electrons. The van der Waals surface area contributed by atoms with Crippen LogP contribution >= 0.6 is 0 Å². The van der Waals surface area contributed by atoms with Crippen LogP contribution < -0.4 is 0 Å². The number of hydrogen-bond donors (Lipinski definition) is 0. The smallest absolute Gasteiger partial charge is 0.266 e. The van der Waals surface area contributed by atoms with Gasteiger partial charge in [0.05, 0.1) is 11.1 Å². The van der Waals surface area contributed by atoms with Gasteiger partial charge in [-0.15, -0.1) is 9.35 Å². The van der Waals surface area contributed by atoms with Crippen LogP contribution in [0, 0.1) is 11.6 Å². The SMILES string of the molecule is O=C1C(c2ccccc2)=C(c2ccccc2)C(=O)N1OS(=O)(=O)c1cccc(F)c1F. The van der Waals surface area contributed by atoms with Crippen LogP contribution in [0.25, 0.3) is 11.1 Å². The molecule has 3 aromatic carbocycles. The van der Waals surface area contributed by atoms with Crippen molar-refractivity contribution in [2.24, 2.45) is 0 Å². The van der Waals surface area contributed by atoms with Gasteiger partial charge in [0.2, 0.25) is 0 Å². The largest absolute Gasteiger partial charge is 0.321 e. The zero-order chi connectivity index (χ0) is 22.2. The molecular formula is C22H13F2NO5S. The van der Waals surface area contributed by atoms with Gasteiger partial charge in [-0.1, -0.05) is 66.7 Å². The van der Waals surface area contributed by atoms with Crippen molar-refractivity contribution < 1.29 is 31.1 Å². The molecule has 0 N–H and O–H groups in total. The molecular weight excluding hydrogens is 428 g/mol. The highest BCUT2D eigenvalue weighted by Gasteiger charge is 2.44. The highest BCUT2D eigenvalue weighted by atomic mass is 32.2. The summed E-state index contributed by atoms with van der Waals surface area (Å²) in [5.41, 5.74) is 0.568.